The molecular formula is C16H10BrF3N2S. The van der Waals surface area contributed by atoms with Gasteiger partial charge >= 0.3 is 6.18 Å². The number of nitrogens with one attached hydrogen (secondary N) is 1. The van der Waals surface area contributed by atoms with Gasteiger partial charge in [0.25, 0.3) is 0 Å². The fourth-order valence-corrected chi connectivity index (χ4v) is 2.81. The van der Waals surface area contributed by atoms with Gasteiger partial charge in [0.2, 0.25) is 0 Å². The van der Waals surface area contributed by atoms with Gasteiger partial charge in [0.05, 0.1) is 11.3 Å². The molecule has 0 aliphatic rings. The van der Waals surface area contributed by atoms with Gasteiger partial charge in [-0.05, 0) is 42.5 Å². The van der Waals surface area contributed by atoms with Crippen molar-refractivity contribution < 1.29 is 13.2 Å². The highest BCUT2D eigenvalue weighted by atomic mass is 79.9. The van der Waals surface area contributed by atoms with E-state index in [1.54, 1.807) is 16.8 Å². The van der Waals surface area contributed by atoms with Crippen LogP contribution >= 0.6 is 28.1 Å². The summed E-state index contributed by atoms with van der Waals surface area (Å²) in [5.41, 5.74) is 1.20. The van der Waals surface area contributed by atoms with Crippen LogP contribution in [0, 0.1) is 4.77 Å². The molecule has 0 radical (unpaired) electrons. The number of nitrogens with zero attached hydrogens (tertiary/aromatic N) is 1. The van der Waals surface area contributed by atoms with E-state index < -0.39 is 11.7 Å². The van der Waals surface area contributed by atoms with Crippen molar-refractivity contribution in [1.82, 2.24) is 9.55 Å². The van der Waals surface area contributed by atoms with Crippen LogP contribution in [0.15, 0.2) is 59.2 Å². The molecule has 0 bridgehead atoms. The first-order valence-electron chi connectivity index (χ1n) is 6.60. The fraction of sp³-hybridized carbons (Fsp3) is 0.0625. The summed E-state index contributed by atoms with van der Waals surface area (Å²) in [4.78, 5) is 2.89. The molecule has 0 fully saturated rings. The van der Waals surface area contributed by atoms with E-state index in [1.807, 2.05) is 24.3 Å². The third-order valence-corrected chi connectivity index (χ3v) is 4.18. The van der Waals surface area contributed by atoms with Crippen LogP contribution < -0.4 is 0 Å². The van der Waals surface area contributed by atoms with Gasteiger partial charge in [-0.25, -0.2) is 0 Å². The van der Waals surface area contributed by atoms with Crippen molar-refractivity contribution >= 4 is 28.1 Å². The van der Waals surface area contributed by atoms with Crippen molar-refractivity contribution in [3.8, 4) is 16.9 Å². The number of halogens is 4. The first kappa shape index (κ1) is 16.0. The van der Waals surface area contributed by atoms with Gasteiger partial charge in [-0.3, -0.25) is 4.57 Å². The van der Waals surface area contributed by atoms with Crippen molar-refractivity contribution in [3.05, 3.63) is 69.5 Å². The summed E-state index contributed by atoms with van der Waals surface area (Å²) in [5, 5.41) is 0. The Morgan fingerprint density at radius 1 is 1.04 bits per heavy atom. The highest BCUT2D eigenvalue weighted by Gasteiger charge is 2.30. The third kappa shape index (κ3) is 3.25. The molecule has 0 amide bonds. The average Bonchev–Trinajstić information content (AvgIpc) is 2.89. The second kappa shape index (κ2) is 5.98. The second-order valence-corrected chi connectivity index (χ2v) is 6.17. The Bertz CT molecular complexity index is 895. The Morgan fingerprint density at radius 2 is 1.74 bits per heavy atom. The number of rotatable bonds is 2. The van der Waals surface area contributed by atoms with Gasteiger partial charge in [-0.1, -0.05) is 34.1 Å². The maximum Gasteiger partial charge on any atom is 0.416 e. The lowest BCUT2D eigenvalue weighted by molar-refractivity contribution is -0.137. The van der Waals surface area contributed by atoms with E-state index in [-0.39, 0.29) is 0 Å². The van der Waals surface area contributed by atoms with Crippen molar-refractivity contribution in [2.24, 2.45) is 0 Å². The summed E-state index contributed by atoms with van der Waals surface area (Å²) >= 11 is 8.59. The minimum atomic E-state index is -4.40. The molecule has 0 atom stereocenters. The van der Waals surface area contributed by atoms with Crippen LogP contribution in [0.3, 0.4) is 0 Å². The molecule has 118 valence electrons. The number of hydrogen-bond acceptors (Lipinski definition) is 1. The van der Waals surface area contributed by atoms with Gasteiger partial charge in [-0.15, -0.1) is 0 Å². The number of aromatic amines is 1. The van der Waals surface area contributed by atoms with Crippen LogP contribution in [0.2, 0.25) is 0 Å². The molecule has 0 aliphatic heterocycles. The minimum Gasteiger partial charge on any atom is -0.336 e. The molecule has 2 aromatic carbocycles. The Hall–Kier alpha value is -1.86. The van der Waals surface area contributed by atoms with Crippen LogP contribution in [0.4, 0.5) is 13.2 Å². The zero-order valence-electron chi connectivity index (χ0n) is 11.6. The zero-order valence-corrected chi connectivity index (χ0v) is 14.0. The van der Waals surface area contributed by atoms with Crippen LogP contribution in [0.1, 0.15) is 5.56 Å². The zero-order chi connectivity index (χ0) is 16.6. The van der Waals surface area contributed by atoms with Crippen LogP contribution in [-0.2, 0) is 6.18 Å². The maximum atomic E-state index is 12.9. The Morgan fingerprint density at radius 3 is 2.39 bits per heavy atom. The predicted molar refractivity (Wildman–Crippen MR) is 89.1 cm³/mol. The minimum absolute atomic E-state index is 0.335. The standard InChI is InChI=1S/C16H10BrF3N2S/c17-12-6-4-10(5-7-12)14-9-21-15(23)22(14)13-3-1-2-11(8-13)16(18,19)20/h1-9H,(H,21,23). The van der Waals surface area contributed by atoms with E-state index in [4.69, 9.17) is 12.2 Å². The molecule has 1 N–H and O–H groups in total. The molecular weight excluding hydrogens is 389 g/mol. The van der Waals surface area contributed by atoms with Crippen molar-refractivity contribution in [2.75, 3.05) is 0 Å². The SMILES string of the molecule is FC(F)(F)c1cccc(-n2c(-c3ccc(Br)cc3)c[nH]c2=S)c1. The highest BCUT2D eigenvalue weighted by Crippen LogP contribution is 2.32. The fourth-order valence-electron chi connectivity index (χ4n) is 2.28. The lowest BCUT2D eigenvalue weighted by Crippen LogP contribution is -2.06. The van der Waals surface area contributed by atoms with Crippen LogP contribution in [0.25, 0.3) is 16.9 Å². The van der Waals surface area contributed by atoms with Gasteiger partial charge in [0.1, 0.15) is 0 Å². The normalized spacial score (nSPS) is 11.7. The number of benzene rings is 2. The molecule has 2 nitrogen and oxygen atoms in total. The Labute approximate surface area is 143 Å². The molecule has 7 heteroatoms. The molecule has 0 unspecified atom stereocenters. The van der Waals surface area contributed by atoms with Gasteiger partial charge in [0, 0.05) is 21.9 Å². The first-order chi connectivity index (χ1) is 10.9. The lowest BCUT2D eigenvalue weighted by Gasteiger charge is -2.12. The van der Waals surface area contributed by atoms with Gasteiger partial charge in [-0.2, -0.15) is 13.2 Å². The summed E-state index contributed by atoms with van der Waals surface area (Å²) in [6, 6.07) is 12.6. The van der Waals surface area contributed by atoms with Gasteiger partial charge in [0.15, 0.2) is 4.77 Å². The quantitative estimate of drug-likeness (QED) is 0.526. The van der Waals surface area contributed by atoms with E-state index in [2.05, 4.69) is 20.9 Å². The van der Waals surface area contributed by atoms with E-state index in [1.165, 1.54) is 6.07 Å². The first-order valence-corrected chi connectivity index (χ1v) is 7.80. The number of imidazole rings is 1. The molecule has 1 heterocycles. The molecule has 3 rings (SSSR count). The number of alkyl halides is 3. The van der Waals surface area contributed by atoms with E-state index in [9.17, 15) is 13.2 Å². The average molecular weight is 399 g/mol. The molecule has 1 aromatic heterocycles. The van der Waals surface area contributed by atoms with E-state index in [0.717, 1.165) is 22.2 Å². The summed E-state index contributed by atoms with van der Waals surface area (Å²) < 4.78 is 41.6. The number of hydrogen-bond donors (Lipinski definition) is 1. The molecule has 0 saturated carbocycles. The third-order valence-electron chi connectivity index (χ3n) is 3.35. The van der Waals surface area contributed by atoms with Crippen molar-refractivity contribution in [2.45, 2.75) is 6.18 Å². The topological polar surface area (TPSA) is 20.7 Å². The summed E-state index contributed by atoms with van der Waals surface area (Å²) in [6.45, 7) is 0. The van der Waals surface area contributed by atoms with Crippen molar-refractivity contribution in [1.29, 1.82) is 0 Å². The maximum absolute atomic E-state index is 12.9. The lowest BCUT2D eigenvalue weighted by atomic mass is 10.1. The smallest absolute Gasteiger partial charge is 0.336 e. The van der Waals surface area contributed by atoms with Gasteiger partial charge < -0.3 is 4.98 Å². The predicted octanol–water partition coefficient (Wildman–Crippen LogP) is 5.98. The second-order valence-electron chi connectivity index (χ2n) is 4.87. The Kier molecular flexibility index (Phi) is 4.16. The molecule has 23 heavy (non-hydrogen) atoms. The largest absolute Gasteiger partial charge is 0.416 e. The van der Waals surface area contributed by atoms with Crippen LogP contribution in [-0.4, -0.2) is 9.55 Å². The van der Waals surface area contributed by atoms with Crippen molar-refractivity contribution in [3.63, 3.8) is 0 Å². The monoisotopic (exact) mass is 398 g/mol. The van der Waals surface area contributed by atoms with E-state index in [0.29, 0.717) is 16.2 Å². The van der Waals surface area contributed by atoms with E-state index >= 15 is 0 Å². The number of aromatic nitrogens is 2. The number of H-pyrrole nitrogens is 1. The van der Waals surface area contributed by atoms with Crippen LogP contribution in [0.5, 0.6) is 0 Å². The molecule has 0 spiro atoms. The Balaban J connectivity index is 2.16. The molecule has 0 aliphatic carbocycles. The molecule has 0 saturated heterocycles. The molecule has 3 aromatic rings. The highest BCUT2D eigenvalue weighted by molar-refractivity contribution is 9.10. The summed E-state index contributed by atoms with van der Waals surface area (Å²) in [6.07, 6.45) is -2.71. The summed E-state index contributed by atoms with van der Waals surface area (Å²) in [7, 11) is 0. The summed E-state index contributed by atoms with van der Waals surface area (Å²) in [5.74, 6) is 0.